The lowest BCUT2D eigenvalue weighted by molar-refractivity contribution is 1.03. The highest BCUT2D eigenvalue weighted by molar-refractivity contribution is 9.10. The van der Waals surface area contributed by atoms with E-state index in [-0.39, 0.29) is 0 Å². The van der Waals surface area contributed by atoms with E-state index in [0.29, 0.717) is 5.71 Å². The van der Waals surface area contributed by atoms with Gasteiger partial charge in [0.05, 0.1) is 5.71 Å². The Balaban J connectivity index is 1.77. The Morgan fingerprint density at radius 1 is 0.857 bits per heavy atom. The second-order valence-corrected chi connectivity index (χ2v) is 7.69. The van der Waals surface area contributed by atoms with Gasteiger partial charge in [0.15, 0.2) is 0 Å². The quantitative estimate of drug-likeness (QED) is 0.405. The monoisotopic (exact) mass is 428 g/mol. The number of hydrogen-bond donors (Lipinski definition) is 2. The molecule has 3 heteroatoms. The van der Waals surface area contributed by atoms with Crippen molar-refractivity contribution in [3.05, 3.63) is 107 Å². The average molecular weight is 429 g/mol. The standard InChI is InChI=1S/C25H21BrN2/c26-21-12-7-13-22(17-21)28-24-15-14-20(18-8-3-1-4-9-18)16-23(24)25(27)19-10-5-2-6-11-19/h1,3-5,7-17,27-28H,2,6H2. The molecule has 0 saturated carbocycles. The van der Waals surface area contributed by atoms with Crippen LogP contribution in [0.1, 0.15) is 18.4 Å². The molecule has 3 aromatic rings. The molecule has 3 aromatic carbocycles. The summed E-state index contributed by atoms with van der Waals surface area (Å²) >= 11 is 3.53. The fraction of sp³-hybridized carbons (Fsp3) is 0.0800. The zero-order chi connectivity index (χ0) is 19.3. The molecule has 0 heterocycles. The SMILES string of the molecule is N=C(C1=CCCC=C1)c1cc(-c2ccccc2)ccc1Nc1cccc(Br)c1. The van der Waals surface area contributed by atoms with Crippen LogP contribution >= 0.6 is 15.9 Å². The van der Waals surface area contributed by atoms with Crippen molar-refractivity contribution in [2.45, 2.75) is 12.8 Å². The van der Waals surface area contributed by atoms with Crippen LogP contribution in [0, 0.1) is 5.41 Å². The van der Waals surface area contributed by atoms with Crippen LogP contribution in [0.4, 0.5) is 11.4 Å². The van der Waals surface area contributed by atoms with E-state index in [1.807, 2.05) is 42.5 Å². The van der Waals surface area contributed by atoms with Gasteiger partial charge in [-0.2, -0.15) is 0 Å². The zero-order valence-electron chi connectivity index (χ0n) is 15.5. The fourth-order valence-corrected chi connectivity index (χ4v) is 3.75. The van der Waals surface area contributed by atoms with E-state index >= 15 is 0 Å². The van der Waals surface area contributed by atoms with Crippen molar-refractivity contribution < 1.29 is 0 Å². The fourth-order valence-electron chi connectivity index (χ4n) is 3.35. The van der Waals surface area contributed by atoms with Gasteiger partial charge in [-0.05, 0) is 59.9 Å². The minimum absolute atomic E-state index is 0.547. The molecule has 0 amide bonds. The van der Waals surface area contributed by atoms with Crippen LogP contribution in [-0.4, -0.2) is 5.71 Å². The first-order valence-electron chi connectivity index (χ1n) is 9.39. The minimum atomic E-state index is 0.547. The van der Waals surface area contributed by atoms with Crippen molar-refractivity contribution in [3.63, 3.8) is 0 Å². The predicted octanol–water partition coefficient (Wildman–Crippen LogP) is 7.50. The third-order valence-corrected chi connectivity index (χ3v) is 5.28. The second kappa shape index (κ2) is 8.41. The highest BCUT2D eigenvalue weighted by atomic mass is 79.9. The summed E-state index contributed by atoms with van der Waals surface area (Å²) in [6, 6.07) is 24.7. The first-order chi connectivity index (χ1) is 13.7. The molecule has 1 aliphatic carbocycles. The first-order valence-corrected chi connectivity index (χ1v) is 10.2. The van der Waals surface area contributed by atoms with Crippen molar-refractivity contribution in [2.75, 3.05) is 5.32 Å². The molecule has 138 valence electrons. The van der Waals surface area contributed by atoms with E-state index in [9.17, 15) is 0 Å². The highest BCUT2D eigenvalue weighted by Gasteiger charge is 2.14. The summed E-state index contributed by atoms with van der Waals surface area (Å²) < 4.78 is 1.02. The molecule has 0 bridgehead atoms. The Morgan fingerprint density at radius 2 is 1.71 bits per heavy atom. The van der Waals surface area contributed by atoms with E-state index in [1.165, 1.54) is 0 Å². The summed E-state index contributed by atoms with van der Waals surface area (Å²) in [5, 5.41) is 12.4. The van der Waals surface area contributed by atoms with Crippen molar-refractivity contribution in [3.8, 4) is 11.1 Å². The Morgan fingerprint density at radius 3 is 2.46 bits per heavy atom. The lowest BCUT2D eigenvalue weighted by atomic mass is 9.93. The van der Waals surface area contributed by atoms with Crippen molar-refractivity contribution in [2.24, 2.45) is 0 Å². The normalized spacial score (nSPS) is 13.1. The number of hydrogen-bond acceptors (Lipinski definition) is 2. The third kappa shape index (κ3) is 4.15. The van der Waals surface area contributed by atoms with Crippen LogP contribution in [0.15, 0.2) is 101 Å². The molecule has 2 N–H and O–H groups in total. The van der Waals surface area contributed by atoms with Crippen molar-refractivity contribution in [1.82, 2.24) is 0 Å². The van der Waals surface area contributed by atoms with Crippen LogP contribution in [0.3, 0.4) is 0 Å². The van der Waals surface area contributed by atoms with E-state index in [0.717, 1.165) is 51.0 Å². The van der Waals surface area contributed by atoms with Crippen LogP contribution in [0.2, 0.25) is 0 Å². The van der Waals surface area contributed by atoms with Crippen molar-refractivity contribution in [1.29, 1.82) is 5.41 Å². The largest absolute Gasteiger partial charge is 0.355 e. The van der Waals surface area contributed by atoms with Gasteiger partial charge >= 0.3 is 0 Å². The molecule has 0 aromatic heterocycles. The van der Waals surface area contributed by atoms with Gasteiger partial charge in [-0.15, -0.1) is 0 Å². The number of anilines is 2. The van der Waals surface area contributed by atoms with E-state index < -0.39 is 0 Å². The number of nitrogens with one attached hydrogen (secondary N) is 2. The molecular weight excluding hydrogens is 408 g/mol. The predicted molar refractivity (Wildman–Crippen MR) is 123 cm³/mol. The van der Waals surface area contributed by atoms with Crippen LogP contribution < -0.4 is 5.32 Å². The summed E-state index contributed by atoms with van der Waals surface area (Å²) in [6.07, 6.45) is 8.39. The van der Waals surface area contributed by atoms with Gasteiger partial charge < -0.3 is 5.32 Å². The Bertz CT molecular complexity index is 1060. The summed E-state index contributed by atoms with van der Waals surface area (Å²) in [4.78, 5) is 0. The van der Waals surface area contributed by atoms with Gasteiger partial charge in [-0.25, -0.2) is 0 Å². The molecule has 0 unspecified atom stereocenters. The topological polar surface area (TPSA) is 35.9 Å². The molecule has 4 rings (SSSR count). The second-order valence-electron chi connectivity index (χ2n) is 6.78. The smallest absolute Gasteiger partial charge is 0.0702 e. The Kier molecular flexibility index (Phi) is 5.54. The maximum atomic E-state index is 8.86. The molecule has 0 saturated heterocycles. The molecule has 0 aliphatic heterocycles. The molecule has 1 aliphatic rings. The van der Waals surface area contributed by atoms with Gasteiger partial charge in [-0.3, -0.25) is 5.41 Å². The van der Waals surface area contributed by atoms with Crippen LogP contribution in [0.5, 0.6) is 0 Å². The number of benzene rings is 3. The van der Waals surface area contributed by atoms with Crippen molar-refractivity contribution >= 4 is 33.0 Å². The van der Waals surface area contributed by atoms with E-state index in [4.69, 9.17) is 5.41 Å². The molecule has 0 spiro atoms. The Hall–Kier alpha value is -2.91. The van der Waals surface area contributed by atoms with Gasteiger partial charge in [0, 0.05) is 21.4 Å². The number of rotatable bonds is 5. The van der Waals surface area contributed by atoms with E-state index in [2.05, 4.69) is 69.8 Å². The summed E-state index contributed by atoms with van der Waals surface area (Å²) in [5.74, 6) is 0. The minimum Gasteiger partial charge on any atom is -0.355 e. The third-order valence-electron chi connectivity index (χ3n) is 4.78. The molecule has 0 atom stereocenters. The van der Waals surface area contributed by atoms with Gasteiger partial charge in [0.25, 0.3) is 0 Å². The van der Waals surface area contributed by atoms with E-state index in [1.54, 1.807) is 0 Å². The number of allylic oxidation sites excluding steroid dienone is 4. The first kappa shape index (κ1) is 18.5. The lowest BCUT2D eigenvalue weighted by Crippen LogP contribution is -2.07. The summed E-state index contributed by atoms with van der Waals surface area (Å²) in [5.41, 5.74) is 6.62. The molecule has 2 nitrogen and oxygen atoms in total. The van der Waals surface area contributed by atoms with Crippen LogP contribution in [-0.2, 0) is 0 Å². The van der Waals surface area contributed by atoms with Gasteiger partial charge in [0.1, 0.15) is 0 Å². The maximum Gasteiger partial charge on any atom is 0.0702 e. The number of halogens is 1. The van der Waals surface area contributed by atoms with Gasteiger partial charge in [-0.1, -0.05) is 76.6 Å². The zero-order valence-corrected chi connectivity index (χ0v) is 17.0. The molecule has 28 heavy (non-hydrogen) atoms. The van der Waals surface area contributed by atoms with Crippen LogP contribution in [0.25, 0.3) is 11.1 Å². The molecular formula is C25H21BrN2. The average Bonchev–Trinajstić information content (AvgIpc) is 2.75. The Labute approximate surface area is 174 Å². The molecule has 0 fully saturated rings. The molecule has 0 radical (unpaired) electrons. The summed E-state index contributed by atoms with van der Waals surface area (Å²) in [6.45, 7) is 0. The van der Waals surface area contributed by atoms with Gasteiger partial charge in [0.2, 0.25) is 0 Å². The maximum absolute atomic E-state index is 8.86. The lowest BCUT2D eigenvalue weighted by Gasteiger charge is -2.17. The highest BCUT2D eigenvalue weighted by Crippen LogP contribution is 2.30. The summed E-state index contributed by atoms with van der Waals surface area (Å²) in [7, 11) is 0.